The number of unbranched alkanes of at least 4 members (excludes halogenated alkanes) is 1. The Hall–Kier alpha value is -0.660. The van der Waals surface area contributed by atoms with Gasteiger partial charge >= 0.3 is 0 Å². The van der Waals surface area contributed by atoms with Crippen LogP contribution in [-0.2, 0) is 14.8 Å². The molecule has 0 radical (unpaired) electrons. The number of carbonyl (C=O) groups excluding carboxylic acids is 1. The first-order valence-electron chi connectivity index (χ1n) is 8.49. The van der Waals surface area contributed by atoms with Crippen LogP contribution >= 0.6 is 0 Å². The lowest BCUT2D eigenvalue weighted by Gasteiger charge is -2.26. The predicted octanol–water partition coefficient (Wildman–Crippen LogP) is 0.824. The monoisotopic (exact) mass is 331 g/mol. The van der Waals surface area contributed by atoms with Crippen molar-refractivity contribution in [2.24, 2.45) is 11.7 Å². The van der Waals surface area contributed by atoms with Crippen LogP contribution in [0.4, 0.5) is 0 Å². The highest BCUT2D eigenvalue weighted by atomic mass is 32.2. The summed E-state index contributed by atoms with van der Waals surface area (Å²) < 4.78 is 26.2. The highest BCUT2D eigenvalue weighted by Crippen LogP contribution is 2.27. The summed E-state index contributed by atoms with van der Waals surface area (Å²) in [5, 5.41) is 3.05. The molecule has 1 amide bonds. The zero-order valence-corrected chi connectivity index (χ0v) is 14.3. The zero-order valence-electron chi connectivity index (χ0n) is 13.5. The topological polar surface area (TPSA) is 92.5 Å². The maximum Gasteiger partial charge on any atom is 0.238 e. The molecule has 128 valence electrons. The minimum atomic E-state index is -3.32. The number of hydrogen-bond acceptors (Lipinski definition) is 4. The van der Waals surface area contributed by atoms with Gasteiger partial charge in [0.25, 0.3) is 0 Å². The van der Waals surface area contributed by atoms with Gasteiger partial charge in [-0.2, -0.15) is 4.31 Å². The average molecular weight is 331 g/mol. The van der Waals surface area contributed by atoms with E-state index in [9.17, 15) is 13.2 Å². The fourth-order valence-electron chi connectivity index (χ4n) is 3.57. The lowest BCUT2D eigenvalue weighted by atomic mass is 10.0. The Balaban J connectivity index is 1.99. The summed E-state index contributed by atoms with van der Waals surface area (Å²) in [6.07, 6.45) is 5.93. The molecule has 3 unspecified atom stereocenters. The van der Waals surface area contributed by atoms with Crippen LogP contribution in [0.15, 0.2) is 0 Å². The quantitative estimate of drug-likeness (QED) is 0.722. The molecule has 1 saturated heterocycles. The molecule has 1 aliphatic heterocycles. The molecular weight excluding hydrogens is 302 g/mol. The van der Waals surface area contributed by atoms with E-state index in [0.717, 1.165) is 32.1 Å². The van der Waals surface area contributed by atoms with Crippen LogP contribution in [0.3, 0.4) is 0 Å². The molecule has 22 heavy (non-hydrogen) atoms. The van der Waals surface area contributed by atoms with Crippen molar-refractivity contribution in [3.63, 3.8) is 0 Å². The Kier molecular flexibility index (Phi) is 6.23. The summed E-state index contributed by atoms with van der Waals surface area (Å²) in [4.78, 5) is 12.5. The van der Waals surface area contributed by atoms with E-state index in [2.05, 4.69) is 5.32 Å². The summed E-state index contributed by atoms with van der Waals surface area (Å²) in [6, 6.07) is -0.417. The minimum absolute atomic E-state index is 0.110. The van der Waals surface area contributed by atoms with Gasteiger partial charge in [-0.1, -0.05) is 19.8 Å². The van der Waals surface area contributed by atoms with Gasteiger partial charge in [0.1, 0.15) is 6.04 Å². The molecule has 1 saturated carbocycles. The molecule has 3 atom stereocenters. The van der Waals surface area contributed by atoms with Gasteiger partial charge in [0, 0.05) is 12.6 Å². The number of nitrogens with two attached hydrogens (primary N) is 1. The van der Waals surface area contributed by atoms with E-state index in [4.69, 9.17) is 5.73 Å². The minimum Gasteiger partial charge on any atom is -0.352 e. The Morgan fingerprint density at radius 1 is 1.27 bits per heavy atom. The van der Waals surface area contributed by atoms with Crippen molar-refractivity contribution in [3.8, 4) is 0 Å². The summed E-state index contributed by atoms with van der Waals surface area (Å²) in [5.41, 5.74) is 5.75. The molecule has 0 spiro atoms. The fourth-order valence-corrected chi connectivity index (χ4v) is 5.45. The molecule has 0 bridgehead atoms. The molecule has 2 rings (SSSR count). The maximum absolute atomic E-state index is 12.5. The van der Waals surface area contributed by atoms with E-state index in [1.165, 1.54) is 4.31 Å². The van der Waals surface area contributed by atoms with Gasteiger partial charge in [-0.15, -0.1) is 0 Å². The first kappa shape index (κ1) is 17.7. The first-order valence-corrected chi connectivity index (χ1v) is 10.1. The molecule has 0 aromatic rings. The summed E-state index contributed by atoms with van der Waals surface area (Å²) >= 11 is 0. The molecule has 3 N–H and O–H groups in total. The lowest BCUT2D eigenvalue weighted by molar-refractivity contribution is -0.125. The molecule has 6 nitrogen and oxygen atoms in total. The van der Waals surface area contributed by atoms with Crippen LogP contribution in [0.25, 0.3) is 0 Å². The van der Waals surface area contributed by atoms with Crippen LogP contribution in [0.2, 0.25) is 0 Å². The van der Waals surface area contributed by atoms with Gasteiger partial charge < -0.3 is 11.1 Å². The van der Waals surface area contributed by atoms with Gasteiger partial charge in [0.2, 0.25) is 15.9 Å². The van der Waals surface area contributed by atoms with Crippen molar-refractivity contribution in [3.05, 3.63) is 0 Å². The van der Waals surface area contributed by atoms with E-state index >= 15 is 0 Å². The largest absolute Gasteiger partial charge is 0.352 e. The van der Waals surface area contributed by atoms with Gasteiger partial charge in [-0.05, 0) is 44.6 Å². The van der Waals surface area contributed by atoms with E-state index in [1.54, 1.807) is 0 Å². The van der Waals surface area contributed by atoms with Crippen molar-refractivity contribution in [1.29, 1.82) is 0 Å². The molecule has 2 fully saturated rings. The first-order chi connectivity index (χ1) is 10.5. The third-order valence-electron chi connectivity index (χ3n) is 4.91. The van der Waals surface area contributed by atoms with Crippen LogP contribution in [0, 0.1) is 5.92 Å². The molecule has 1 aliphatic carbocycles. The van der Waals surface area contributed by atoms with Gasteiger partial charge in [-0.3, -0.25) is 4.79 Å². The lowest BCUT2D eigenvalue weighted by Crippen LogP contribution is -2.50. The number of nitrogens with zero attached hydrogens (tertiary/aromatic N) is 1. The van der Waals surface area contributed by atoms with Crippen molar-refractivity contribution >= 4 is 15.9 Å². The summed E-state index contributed by atoms with van der Waals surface area (Å²) in [6.45, 7) is 3.01. The summed E-state index contributed by atoms with van der Waals surface area (Å²) in [5.74, 6) is 0.334. The molecule has 0 aromatic heterocycles. The van der Waals surface area contributed by atoms with Crippen LogP contribution in [0.5, 0.6) is 0 Å². The number of hydrogen-bond donors (Lipinski definition) is 2. The number of sulfonamides is 1. The zero-order chi connectivity index (χ0) is 16.2. The smallest absolute Gasteiger partial charge is 0.238 e. The Morgan fingerprint density at radius 2 is 2.05 bits per heavy atom. The number of amides is 1. The highest BCUT2D eigenvalue weighted by molar-refractivity contribution is 7.89. The fraction of sp³-hybridized carbons (Fsp3) is 0.933. The predicted molar refractivity (Wildman–Crippen MR) is 86.7 cm³/mol. The average Bonchev–Trinajstić information content (AvgIpc) is 3.13. The van der Waals surface area contributed by atoms with Crippen LogP contribution < -0.4 is 11.1 Å². The van der Waals surface area contributed by atoms with Crippen LogP contribution in [-0.4, -0.2) is 49.6 Å². The second-order valence-electron chi connectivity index (χ2n) is 6.48. The molecule has 0 aromatic carbocycles. The molecule has 1 heterocycles. The highest BCUT2D eigenvalue weighted by Gasteiger charge is 2.39. The molecule has 2 aliphatic rings. The second kappa shape index (κ2) is 7.75. The van der Waals surface area contributed by atoms with Gasteiger partial charge in [-0.25, -0.2) is 8.42 Å². The SMILES string of the molecule is CCCCS(=O)(=O)N1CCCC1C(=O)NC1CCCC1CN. The number of carbonyl (C=O) groups is 1. The Bertz CT molecular complexity index is 480. The van der Waals surface area contributed by atoms with E-state index < -0.39 is 16.1 Å². The van der Waals surface area contributed by atoms with E-state index in [-0.39, 0.29) is 17.7 Å². The van der Waals surface area contributed by atoms with E-state index in [0.29, 0.717) is 31.8 Å². The number of nitrogens with one attached hydrogen (secondary N) is 1. The van der Waals surface area contributed by atoms with Crippen LogP contribution in [0.1, 0.15) is 51.9 Å². The van der Waals surface area contributed by atoms with Crippen molar-refractivity contribution in [1.82, 2.24) is 9.62 Å². The van der Waals surface area contributed by atoms with Crippen molar-refractivity contribution < 1.29 is 13.2 Å². The van der Waals surface area contributed by atoms with Crippen molar-refractivity contribution in [2.75, 3.05) is 18.8 Å². The van der Waals surface area contributed by atoms with Crippen molar-refractivity contribution in [2.45, 2.75) is 64.0 Å². The van der Waals surface area contributed by atoms with Gasteiger partial charge in [0.15, 0.2) is 0 Å². The second-order valence-corrected chi connectivity index (χ2v) is 8.52. The maximum atomic E-state index is 12.5. The normalized spacial score (nSPS) is 29.8. The summed E-state index contributed by atoms with van der Waals surface area (Å²) in [7, 11) is -3.32. The Morgan fingerprint density at radius 3 is 2.73 bits per heavy atom. The molecule has 7 heteroatoms. The standard InChI is InChI=1S/C15H29N3O3S/c1-2-3-10-22(20,21)18-9-5-8-14(18)15(19)17-13-7-4-6-12(13)11-16/h12-14H,2-11,16H2,1H3,(H,17,19). The third kappa shape index (κ3) is 4.00. The third-order valence-corrected chi connectivity index (χ3v) is 6.87. The molecular formula is C15H29N3O3S. The number of rotatable bonds is 7. The van der Waals surface area contributed by atoms with E-state index in [1.807, 2.05) is 6.92 Å². The van der Waals surface area contributed by atoms with Gasteiger partial charge in [0.05, 0.1) is 5.75 Å². The Labute approximate surface area is 133 Å².